The van der Waals surface area contributed by atoms with Crippen LogP contribution in [0.25, 0.3) is 0 Å². The number of ether oxygens (including phenoxy) is 2. The number of rotatable bonds is 3. The van der Waals surface area contributed by atoms with Gasteiger partial charge in [-0.25, -0.2) is 14.3 Å². The third-order valence-electron chi connectivity index (χ3n) is 3.42. The zero-order valence-corrected chi connectivity index (χ0v) is 13.9. The summed E-state index contributed by atoms with van der Waals surface area (Å²) in [6, 6.07) is 8.62. The largest absolute Gasteiger partial charge is 0.464 e. The van der Waals surface area contributed by atoms with Crippen LogP contribution < -0.4 is 4.74 Å². The zero-order chi connectivity index (χ0) is 17.2. The van der Waals surface area contributed by atoms with Crippen LogP contribution in [0, 0.1) is 0 Å². The van der Waals surface area contributed by atoms with Crippen LogP contribution in [0.4, 0.5) is 0 Å². The van der Waals surface area contributed by atoms with Crippen LogP contribution >= 0.6 is 0 Å². The summed E-state index contributed by atoms with van der Waals surface area (Å²) >= 11 is 0. The molecule has 6 heteroatoms. The van der Waals surface area contributed by atoms with Crippen molar-refractivity contribution in [2.24, 2.45) is 7.05 Å². The van der Waals surface area contributed by atoms with E-state index in [1.807, 2.05) is 12.1 Å². The highest BCUT2D eigenvalue weighted by atomic mass is 16.5. The topological polar surface area (TPSA) is 70.4 Å². The number of carbonyl (C=O) groups excluding carboxylic acids is 2. The standard InChI is InChI=1S/C17H20N2O4/c1-17(2,3)12-8-6-11(7-9-12)15(20)23-14-10-13(16(21)22-5)18-19(14)4/h6-10H,1-5H3. The first-order valence-corrected chi connectivity index (χ1v) is 7.17. The second kappa shape index (κ2) is 6.24. The molecule has 0 N–H and O–H groups in total. The molecule has 0 spiro atoms. The van der Waals surface area contributed by atoms with E-state index in [2.05, 4.69) is 30.6 Å². The summed E-state index contributed by atoms with van der Waals surface area (Å²) in [5, 5.41) is 3.94. The van der Waals surface area contributed by atoms with Crippen molar-refractivity contribution in [1.29, 1.82) is 0 Å². The first kappa shape index (κ1) is 16.7. The maximum absolute atomic E-state index is 12.2. The second-order valence-corrected chi connectivity index (χ2v) is 6.20. The Hall–Kier alpha value is -2.63. The number of methoxy groups -OCH3 is 1. The lowest BCUT2D eigenvalue weighted by Gasteiger charge is -2.18. The Morgan fingerprint density at radius 3 is 2.22 bits per heavy atom. The maximum Gasteiger partial charge on any atom is 0.358 e. The van der Waals surface area contributed by atoms with Gasteiger partial charge in [-0.1, -0.05) is 32.9 Å². The molecule has 2 rings (SSSR count). The van der Waals surface area contributed by atoms with E-state index in [0.29, 0.717) is 5.56 Å². The van der Waals surface area contributed by atoms with Gasteiger partial charge in [-0.15, -0.1) is 0 Å². The van der Waals surface area contributed by atoms with Crippen molar-refractivity contribution >= 4 is 11.9 Å². The van der Waals surface area contributed by atoms with Crippen molar-refractivity contribution < 1.29 is 19.1 Å². The van der Waals surface area contributed by atoms with E-state index < -0.39 is 11.9 Å². The Kier molecular flexibility index (Phi) is 4.54. The molecule has 0 bridgehead atoms. The first-order chi connectivity index (χ1) is 10.7. The fourth-order valence-electron chi connectivity index (χ4n) is 2.01. The zero-order valence-electron chi connectivity index (χ0n) is 13.9. The van der Waals surface area contributed by atoms with Gasteiger partial charge in [0.25, 0.3) is 0 Å². The monoisotopic (exact) mass is 316 g/mol. The summed E-state index contributed by atoms with van der Waals surface area (Å²) in [6.45, 7) is 6.30. The van der Waals surface area contributed by atoms with Gasteiger partial charge in [0.15, 0.2) is 5.69 Å². The van der Waals surface area contributed by atoms with Gasteiger partial charge in [0, 0.05) is 13.1 Å². The van der Waals surface area contributed by atoms with E-state index in [-0.39, 0.29) is 17.0 Å². The number of aromatic nitrogens is 2. The molecule has 1 heterocycles. The minimum atomic E-state index is -0.586. The molecule has 2 aromatic rings. The van der Waals surface area contributed by atoms with Crippen LogP contribution in [0.1, 0.15) is 47.2 Å². The number of esters is 2. The molecule has 0 aliphatic carbocycles. The summed E-state index contributed by atoms with van der Waals surface area (Å²) in [4.78, 5) is 23.6. The molecule has 0 atom stereocenters. The van der Waals surface area contributed by atoms with Crippen molar-refractivity contribution in [3.8, 4) is 5.88 Å². The number of hydrogen-bond acceptors (Lipinski definition) is 5. The fourth-order valence-corrected chi connectivity index (χ4v) is 2.01. The quantitative estimate of drug-likeness (QED) is 0.814. The Morgan fingerprint density at radius 2 is 1.70 bits per heavy atom. The van der Waals surface area contributed by atoms with E-state index in [9.17, 15) is 9.59 Å². The molecule has 0 fully saturated rings. The van der Waals surface area contributed by atoms with Gasteiger partial charge >= 0.3 is 11.9 Å². The van der Waals surface area contributed by atoms with E-state index >= 15 is 0 Å². The van der Waals surface area contributed by atoms with Crippen molar-refractivity contribution in [2.75, 3.05) is 7.11 Å². The number of carbonyl (C=O) groups is 2. The molecular weight excluding hydrogens is 296 g/mol. The number of hydrogen-bond donors (Lipinski definition) is 0. The van der Waals surface area contributed by atoms with E-state index in [4.69, 9.17) is 4.74 Å². The minimum Gasteiger partial charge on any atom is -0.464 e. The lowest BCUT2D eigenvalue weighted by Crippen LogP contribution is -2.13. The summed E-state index contributed by atoms with van der Waals surface area (Å²) < 4.78 is 11.2. The average molecular weight is 316 g/mol. The Bertz CT molecular complexity index is 724. The summed E-state index contributed by atoms with van der Waals surface area (Å²) in [7, 11) is 2.84. The average Bonchev–Trinajstić information content (AvgIpc) is 2.86. The molecule has 0 aliphatic rings. The molecule has 0 saturated carbocycles. The molecule has 0 saturated heterocycles. The lowest BCUT2D eigenvalue weighted by molar-refractivity contribution is 0.0592. The first-order valence-electron chi connectivity index (χ1n) is 7.17. The van der Waals surface area contributed by atoms with Gasteiger partial charge in [-0.3, -0.25) is 0 Å². The van der Waals surface area contributed by atoms with Crippen molar-refractivity contribution in [3.63, 3.8) is 0 Å². The van der Waals surface area contributed by atoms with Crippen LogP contribution in [0.2, 0.25) is 0 Å². The molecule has 0 unspecified atom stereocenters. The fraction of sp³-hybridized carbons (Fsp3) is 0.353. The van der Waals surface area contributed by atoms with Crippen molar-refractivity contribution in [1.82, 2.24) is 9.78 Å². The third kappa shape index (κ3) is 3.77. The smallest absolute Gasteiger partial charge is 0.358 e. The minimum absolute atomic E-state index is 0.0138. The van der Waals surface area contributed by atoms with Crippen molar-refractivity contribution in [3.05, 3.63) is 47.2 Å². The van der Waals surface area contributed by atoms with Gasteiger partial charge in [0.1, 0.15) is 0 Å². The van der Waals surface area contributed by atoms with Crippen LogP contribution in [0.15, 0.2) is 30.3 Å². The Balaban J connectivity index is 2.16. The highest BCUT2D eigenvalue weighted by Gasteiger charge is 2.18. The lowest BCUT2D eigenvalue weighted by atomic mass is 9.87. The van der Waals surface area contributed by atoms with Crippen LogP contribution in [0.3, 0.4) is 0 Å². The third-order valence-corrected chi connectivity index (χ3v) is 3.42. The number of nitrogens with zero attached hydrogens (tertiary/aromatic N) is 2. The van der Waals surface area contributed by atoms with Gasteiger partial charge in [-0.2, -0.15) is 5.10 Å². The molecule has 0 amide bonds. The highest BCUT2D eigenvalue weighted by Crippen LogP contribution is 2.22. The molecule has 1 aromatic carbocycles. The normalized spacial score (nSPS) is 11.2. The maximum atomic E-state index is 12.2. The highest BCUT2D eigenvalue weighted by molar-refractivity contribution is 5.91. The Labute approximate surface area is 135 Å². The van der Waals surface area contributed by atoms with E-state index in [1.54, 1.807) is 19.2 Å². The molecule has 1 aromatic heterocycles. The Morgan fingerprint density at radius 1 is 1.09 bits per heavy atom. The molecular formula is C17H20N2O4. The molecule has 23 heavy (non-hydrogen) atoms. The number of benzene rings is 1. The predicted octanol–water partition coefficient (Wildman–Crippen LogP) is 2.72. The van der Waals surface area contributed by atoms with Crippen LogP contribution in [-0.4, -0.2) is 28.8 Å². The molecule has 0 aliphatic heterocycles. The summed E-state index contributed by atoms with van der Waals surface area (Å²) in [5.74, 6) is -0.919. The van der Waals surface area contributed by atoms with Gasteiger partial charge in [0.2, 0.25) is 5.88 Å². The SMILES string of the molecule is COC(=O)c1cc(OC(=O)c2ccc(C(C)(C)C)cc2)n(C)n1. The number of aryl methyl sites for hydroxylation is 1. The predicted molar refractivity (Wildman–Crippen MR) is 84.6 cm³/mol. The molecule has 0 radical (unpaired) electrons. The van der Waals surface area contributed by atoms with Gasteiger partial charge < -0.3 is 9.47 Å². The molecule has 6 nitrogen and oxygen atoms in total. The van der Waals surface area contributed by atoms with Gasteiger partial charge in [-0.05, 0) is 23.1 Å². The van der Waals surface area contributed by atoms with Crippen molar-refractivity contribution in [2.45, 2.75) is 26.2 Å². The van der Waals surface area contributed by atoms with E-state index in [0.717, 1.165) is 5.56 Å². The molecule has 122 valence electrons. The van der Waals surface area contributed by atoms with Gasteiger partial charge in [0.05, 0.1) is 12.7 Å². The van der Waals surface area contributed by atoms with Crippen LogP contribution in [-0.2, 0) is 17.2 Å². The summed E-state index contributed by atoms with van der Waals surface area (Å²) in [6.07, 6.45) is 0. The van der Waals surface area contributed by atoms with E-state index in [1.165, 1.54) is 17.9 Å². The summed E-state index contributed by atoms with van der Waals surface area (Å²) in [5.41, 5.74) is 1.65. The van der Waals surface area contributed by atoms with Crippen LogP contribution in [0.5, 0.6) is 5.88 Å². The second-order valence-electron chi connectivity index (χ2n) is 6.20.